The third-order valence-corrected chi connectivity index (χ3v) is 3.06. The second-order valence-electron chi connectivity index (χ2n) is 5.37. The van der Waals surface area contributed by atoms with Crippen molar-refractivity contribution in [3.8, 4) is 0 Å². The lowest BCUT2D eigenvalue weighted by molar-refractivity contribution is -0.146. The summed E-state index contributed by atoms with van der Waals surface area (Å²) in [4.78, 5) is 23.5. The van der Waals surface area contributed by atoms with Gasteiger partial charge in [-0.1, -0.05) is 33.6 Å². The molecular formula is C15H28ClNO4. The summed E-state index contributed by atoms with van der Waals surface area (Å²) in [5.41, 5.74) is 0. The molecule has 1 N–H and O–H groups in total. The average molecular weight is 322 g/mol. The van der Waals surface area contributed by atoms with Gasteiger partial charge in [0.05, 0.1) is 12.5 Å². The van der Waals surface area contributed by atoms with Crippen molar-refractivity contribution in [3.63, 3.8) is 0 Å². The maximum Gasteiger partial charge on any atom is 0.407 e. The molecule has 5 nitrogen and oxygen atoms in total. The molecule has 1 atom stereocenters. The Balaban J connectivity index is 4.18. The molecule has 0 spiro atoms. The van der Waals surface area contributed by atoms with Gasteiger partial charge in [-0.05, 0) is 25.2 Å². The van der Waals surface area contributed by atoms with Gasteiger partial charge >= 0.3 is 12.1 Å². The van der Waals surface area contributed by atoms with Gasteiger partial charge in [-0.2, -0.15) is 0 Å². The Morgan fingerprint density at radius 2 is 1.81 bits per heavy atom. The Kier molecular flexibility index (Phi) is 12.2. The van der Waals surface area contributed by atoms with Gasteiger partial charge in [0.25, 0.3) is 0 Å². The topological polar surface area (TPSA) is 64.6 Å². The van der Waals surface area contributed by atoms with Crippen LogP contribution >= 0.6 is 11.6 Å². The van der Waals surface area contributed by atoms with Crippen molar-refractivity contribution in [1.29, 1.82) is 0 Å². The average Bonchev–Trinajstić information content (AvgIpc) is 2.45. The quantitative estimate of drug-likeness (QED) is 0.359. The van der Waals surface area contributed by atoms with Crippen molar-refractivity contribution >= 4 is 23.7 Å². The SMILES string of the molecule is CCCCC(NC(=O)OCCCl)C(=O)OCCCC(C)C. The number of carbonyl (C=O) groups excluding carboxylic acids is 2. The van der Waals surface area contributed by atoms with E-state index in [2.05, 4.69) is 19.2 Å². The first-order valence-corrected chi connectivity index (χ1v) is 8.20. The summed E-state index contributed by atoms with van der Waals surface area (Å²) < 4.78 is 10.0. The Labute approximate surface area is 132 Å². The van der Waals surface area contributed by atoms with E-state index in [-0.39, 0.29) is 12.5 Å². The highest BCUT2D eigenvalue weighted by Crippen LogP contribution is 2.06. The molecule has 0 saturated heterocycles. The normalized spacial score (nSPS) is 12.0. The van der Waals surface area contributed by atoms with Crippen molar-refractivity contribution in [2.75, 3.05) is 19.1 Å². The zero-order valence-electron chi connectivity index (χ0n) is 13.3. The van der Waals surface area contributed by atoms with E-state index in [0.717, 1.165) is 25.7 Å². The molecule has 0 aliphatic heterocycles. The van der Waals surface area contributed by atoms with Gasteiger partial charge in [0.2, 0.25) is 0 Å². The maximum absolute atomic E-state index is 12.0. The second kappa shape index (κ2) is 12.7. The van der Waals surface area contributed by atoms with Crippen LogP contribution in [0.25, 0.3) is 0 Å². The minimum Gasteiger partial charge on any atom is -0.464 e. The zero-order chi connectivity index (χ0) is 16.1. The zero-order valence-corrected chi connectivity index (χ0v) is 14.1. The smallest absolute Gasteiger partial charge is 0.407 e. The van der Waals surface area contributed by atoms with Crippen LogP contribution in [0.2, 0.25) is 0 Å². The van der Waals surface area contributed by atoms with Gasteiger partial charge in [-0.3, -0.25) is 0 Å². The fraction of sp³-hybridized carbons (Fsp3) is 0.867. The highest BCUT2D eigenvalue weighted by atomic mass is 35.5. The van der Waals surface area contributed by atoms with Gasteiger partial charge in [0.15, 0.2) is 0 Å². The first kappa shape index (κ1) is 20.0. The largest absolute Gasteiger partial charge is 0.464 e. The standard InChI is InChI=1S/C15H28ClNO4/c1-4-5-8-13(17-15(19)21-11-9-16)14(18)20-10-6-7-12(2)3/h12-13H,4-11H2,1-3H3,(H,17,19). The van der Waals surface area contributed by atoms with Crippen LogP contribution < -0.4 is 5.32 Å². The van der Waals surface area contributed by atoms with Crippen LogP contribution in [0.15, 0.2) is 0 Å². The third-order valence-electron chi connectivity index (χ3n) is 2.90. The molecule has 124 valence electrons. The highest BCUT2D eigenvalue weighted by Gasteiger charge is 2.22. The number of nitrogens with one attached hydrogen (secondary N) is 1. The number of rotatable bonds is 11. The molecule has 0 saturated carbocycles. The lowest BCUT2D eigenvalue weighted by atomic mass is 10.1. The summed E-state index contributed by atoms with van der Waals surface area (Å²) in [5.74, 6) is 0.422. The van der Waals surface area contributed by atoms with Crippen LogP contribution in [0.5, 0.6) is 0 Å². The summed E-state index contributed by atoms with van der Waals surface area (Å²) >= 11 is 5.44. The molecule has 21 heavy (non-hydrogen) atoms. The number of esters is 1. The van der Waals surface area contributed by atoms with E-state index < -0.39 is 18.1 Å². The van der Waals surface area contributed by atoms with E-state index >= 15 is 0 Å². The predicted octanol–water partition coefficient (Wildman–Crippen LogP) is 3.49. The van der Waals surface area contributed by atoms with Gasteiger partial charge in [-0.15, -0.1) is 11.6 Å². The molecule has 0 aromatic carbocycles. The maximum atomic E-state index is 12.0. The second-order valence-corrected chi connectivity index (χ2v) is 5.75. The molecule has 1 unspecified atom stereocenters. The number of unbranched alkanes of at least 4 members (excludes halogenated alkanes) is 1. The number of carbonyl (C=O) groups is 2. The van der Waals surface area contributed by atoms with Crippen LogP contribution in [0.3, 0.4) is 0 Å². The predicted molar refractivity (Wildman–Crippen MR) is 83.5 cm³/mol. The molecule has 0 aromatic heterocycles. The van der Waals surface area contributed by atoms with Gasteiger partial charge < -0.3 is 14.8 Å². The van der Waals surface area contributed by atoms with Crippen molar-refractivity contribution < 1.29 is 19.1 Å². The van der Waals surface area contributed by atoms with Gasteiger partial charge in [-0.25, -0.2) is 9.59 Å². The molecule has 0 bridgehead atoms. The van der Waals surface area contributed by atoms with E-state index in [4.69, 9.17) is 21.1 Å². The van der Waals surface area contributed by atoms with E-state index in [0.29, 0.717) is 18.9 Å². The van der Waals surface area contributed by atoms with Crippen molar-refractivity contribution in [3.05, 3.63) is 0 Å². The van der Waals surface area contributed by atoms with Gasteiger partial charge in [0.1, 0.15) is 12.6 Å². The van der Waals surface area contributed by atoms with Crippen LogP contribution in [-0.2, 0) is 14.3 Å². The van der Waals surface area contributed by atoms with Crippen LogP contribution in [-0.4, -0.2) is 37.2 Å². The lowest BCUT2D eigenvalue weighted by Crippen LogP contribution is -2.42. The summed E-state index contributed by atoms with van der Waals surface area (Å²) in [5, 5.41) is 2.54. The Morgan fingerprint density at radius 3 is 2.38 bits per heavy atom. The monoisotopic (exact) mass is 321 g/mol. The van der Waals surface area contributed by atoms with E-state index in [1.165, 1.54) is 0 Å². The summed E-state index contributed by atoms with van der Waals surface area (Å²) in [6.45, 7) is 6.78. The molecular weight excluding hydrogens is 294 g/mol. The Bertz CT molecular complexity index is 297. The third kappa shape index (κ3) is 11.4. The number of amides is 1. The van der Waals surface area contributed by atoms with Crippen molar-refractivity contribution in [2.45, 2.75) is 58.9 Å². The summed E-state index contributed by atoms with van der Waals surface area (Å²) in [6.07, 6.45) is 3.54. The number of halogens is 1. The minimum absolute atomic E-state index is 0.122. The number of hydrogen-bond donors (Lipinski definition) is 1. The fourth-order valence-corrected chi connectivity index (χ4v) is 1.81. The molecule has 0 fully saturated rings. The molecule has 0 aromatic rings. The van der Waals surface area contributed by atoms with E-state index in [1.54, 1.807) is 0 Å². The first-order valence-electron chi connectivity index (χ1n) is 7.67. The number of alkyl carbamates (subject to hydrolysis) is 1. The fourth-order valence-electron chi connectivity index (χ4n) is 1.74. The number of alkyl halides is 1. The first-order chi connectivity index (χ1) is 10.0. The molecule has 0 aliphatic carbocycles. The number of ether oxygens (including phenoxy) is 2. The molecule has 0 rings (SSSR count). The summed E-state index contributed by atoms with van der Waals surface area (Å²) in [6, 6.07) is -0.646. The molecule has 6 heteroatoms. The van der Waals surface area contributed by atoms with Gasteiger partial charge in [0, 0.05) is 0 Å². The highest BCUT2D eigenvalue weighted by molar-refractivity contribution is 6.18. The van der Waals surface area contributed by atoms with Crippen molar-refractivity contribution in [1.82, 2.24) is 5.32 Å². The minimum atomic E-state index is -0.646. The molecule has 1 amide bonds. The van der Waals surface area contributed by atoms with Crippen LogP contribution in [0.1, 0.15) is 52.9 Å². The van der Waals surface area contributed by atoms with Crippen LogP contribution in [0, 0.1) is 5.92 Å². The molecule has 0 heterocycles. The summed E-state index contributed by atoms with van der Waals surface area (Å²) in [7, 11) is 0. The molecule has 0 aliphatic rings. The van der Waals surface area contributed by atoms with E-state index in [9.17, 15) is 9.59 Å². The number of hydrogen-bond acceptors (Lipinski definition) is 4. The lowest BCUT2D eigenvalue weighted by Gasteiger charge is -2.17. The Morgan fingerprint density at radius 1 is 1.10 bits per heavy atom. The van der Waals surface area contributed by atoms with Crippen molar-refractivity contribution in [2.24, 2.45) is 5.92 Å². The Hall–Kier alpha value is -0.970. The molecule has 0 radical (unpaired) electrons. The van der Waals surface area contributed by atoms with E-state index in [1.807, 2.05) is 6.92 Å². The van der Waals surface area contributed by atoms with Crippen LogP contribution in [0.4, 0.5) is 4.79 Å².